The molecule has 4 aromatic rings. The SMILES string of the molecule is COc1cccc(P(c2ccccc2)c2ccccc2)c1-c1ccccc1P(C1CCCCC1)C1CCCCC1. The van der Waals surface area contributed by atoms with Gasteiger partial charge in [-0.05, 0) is 77.8 Å². The molecule has 2 aliphatic carbocycles. The predicted molar refractivity (Wildman–Crippen MR) is 177 cm³/mol. The van der Waals surface area contributed by atoms with E-state index in [1.807, 2.05) is 7.11 Å². The van der Waals surface area contributed by atoms with Gasteiger partial charge in [0, 0.05) is 5.56 Å². The van der Waals surface area contributed by atoms with E-state index in [4.69, 9.17) is 4.74 Å². The van der Waals surface area contributed by atoms with Crippen LogP contribution in [0.15, 0.2) is 103 Å². The van der Waals surface area contributed by atoms with Crippen LogP contribution in [0.4, 0.5) is 0 Å². The van der Waals surface area contributed by atoms with Crippen LogP contribution < -0.4 is 26.0 Å². The van der Waals surface area contributed by atoms with Gasteiger partial charge in [0.05, 0.1) is 7.11 Å². The summed E-state index contributed by atoms with van der Waals surface area (Å²) in [6.45, 7) is 0. The molecule has 0 spiro atoms. The van der Waals surface area contributed by atoms with Gasteiger partial charge in [0.1, 0.15) is 5.75 Å². The number of rotatable bonds is 8. The van der Waals surface area contributed by atoms with E-state index in [1.54, 1.807) is 5.30 Å². The molecule has 2 aliphatic rings. The zero-order valence-electron chi connectivity index (χ0n) is 23.8. The van der Waals surface area contributed by atoms with Gasteiger partial charge in [0.25, 0.3) is 0 Å². The van der Waals surface area contributed by atoms with E-state index in [-0.39, 0.29) is 7.92 Å². The summed E-state index contributed by atoms with van der Waals surface area (Å²) in [6.07, 6.45) is 14.1. The molecular formula is C37H42OP2. The maximum absolute atomic E-state index is 6.21. The molecule has 2 saturated carbocycles. The molecule has 40 heavy (non-hydrogen) atoms. The minimum atomic E-state index is -0.746. The highest BCUT2D eigenvalue weighted by atomic mass is 31.1. The smallest absolute Gasteiger partial charge is 0.127 e. The van der Waals surface area contributed by atoms with Crippen LogP contribution in [0.2, 0.25) is 0 Å². The fraction of sp³-hybridized carbons (Fsp3) is 0.351. The third-order valence-corrected chi connectivity index (χ3v) is 14.9. The Morgan fingerprint density at radius 3 is 1.57 bits per heavy atom. The first-order valence-electron chi connectivity index (χ1n) is 15.3. The van der Waals surface area contributed by atoms with E-state index >= 15 is 0 Å². The van der Waals surface area contributed by atoms with Crippen molar-refractivity contribution in [3.63, 3.8) is 0 Å². The average Bonchev–Trinajstić information content (AvgIpc) is 3.04. The molecule has 0 bridgehead atoms. The molecule has 0 N–H and O–H groups in total. The van der Waals surface area contributed by atoms with E-state index in [9.17, 15) is 0 Å². The summed E-state index contributed by atoms with van der Waals surface area (Å²) in [5.41, 5.74) is 4.46. The van der Waals surface area contributed by atoms with E-state index in [2.05, 4.69) is 103 Å². The van der Waals surface area contributed by atoms with Gasteiger partial charge in [0.15, 0.2) is 0 Å². The highest BCUT2D eigenvalue weighted by molar-refractivity contribution is 7.80. The van der Waals surface area contributed by atoms with Crippen molar-refractivity contribution >= 4 is 37.1 Å². The van der Waals surface area contributed by atoms with Crippen molar-refractivity contribution in [2.24, 2.45) is 0 Å². The standard InChI is InChI=1S/C37H42OP2/c1-38-34-26-16-28-36(40(31-21-10-4-11-22-31)32-23-12-5-13-24-32)37(34)33-25-14-15-27-35(33)39(29-17-6-2-7-18-29)30-19-8-3-9-20-30/h4-5,10-16,21-30H,2-3,6-9,17-20H2,1H3. The fourth-order valence-electron chi connectivity index (χ4n) is 7.05. The van der Waals surface area contributed by atoms with Crippen LogP contribution in [-0.2, 0) is 0 Å². The van der Waals surface area contributed by atoms with Crippen LogP contribution in [0.5, 0.6) is 5.75 Å². The quantitative estimate of drug-likeness (QED) is 0.194. The number of hydrogen-bond acceptors (Lipinski definition) is 1. The Labute approximate surface area is 243 Å². The van der Waals surface area contributed by atoms with E-state index in [0.717, 1.165) is 17.1 Å². The summed E-state index contributed by atoms with van der Waals surface area (Å²) >= 11 is 0. The molecule has 0 aromatic heterocycles. The van der Waals surface area contributed by atoms with Crippen molar-refractivity contribution < 1.29 is 4.74 Å². The molecule has 0 saturated heterocycles. The summed E-state index contributed by atoms with van der Waals surface area (Å²) in [7, 11) is 0.863. The Bertz CT molecular complexity index is 1300. The number of ether oxygens (including phenoxy) is 1. The van der Waals surface area contributed by atoms with Gasteiger partial charge >= 0.3 is 0 Å². The third kappa shape index (κ3) is 5.93. The lowest BCUT2D eigenvalue weighted by molar-refractivity contribution is 0.417. The first-order valence-corrected chi connectivity index (χ1v) is 18.1. The second kappa shape index (κ2) is 13.5. The highest BCUT2D eigenvalue weighted by Gasteiger charge is 2.35. The van der Waals surface area contributed by atoms with Crippen molar-refractivity contribution in [3.8, 4) is 16.9 Å². The van der Waals surface area contributed by atoms with Gasteiger partial charge in [-0.3, -0.25) is 0 Å². The molecule has 0 unspecified atom stereocenters. The number of methoxy groups -OCH3 is 1. The molecule has 0 aliphatic heterocycles. The van der Waals surface area contributed by atoms with Gasteiger partial charge in [-0.1, -0.05) is 144 Å². The predicted octanol–water partition coefficient (Wildman–Crippen LogP) is 8.89. The monoisotopic (exact) mass is 564 g/mol. The Kier molecular flexibility index (Phi) is 9.33. The average molecular weight is 565 g/mol. The van der Waals surface area contributed by atoms with Gasteiger partial charge in [-0.25, -0.2) is 0 Å². The molecule has 2 fully saturated rings. The lowest BCUT2D eigenvalue weighted by Crippen LogP contribution is -2.28. The fourth-order valence-corrected chi connectivity index (χ4v) is 13.5. The summed E-state index contributed by atoms with van der Waals surface area (Å²) in [5.74, 6) is 1.01. The second-order valence-corrected chi connectivity index (χ2v) is 16.3. The molecule has 1 nitrogen and oxygen atoms in total. The minimum absolute atomic E-state index is 0.242. The first-order chi connectivity index (χ1) is 19.8. The molecule has 206 valence electrons. The molecule has 0 atom stereocenters. The summed E-state index contributed by atoms with van der Waals surface area (Å²) in [4.78, 5) is 0. The van der Waals surface area contributed by atoms with Crippen LogP contribution >= 0.6 is 15.8 Å². The lowest BCUT2D eigenvalue weighted by atomic mass is 9.99. The second-order valence-electron chi connectivity index (χ2n) is 11.4. The van der Waals surface area contributed by atoms with Crippen LogP contribution in [-0.4, -0.2) is 18.4 Å². The molecule has 0 heterocycles. The van der Waals surface area contributed by atoms with E-state index < -0.39 is 7.92 Å². The summed E-state index contributed by atoms with van der Waals surface area (Å²) in [6, 6.07) is 38.5. The van der Waals surface area contributed by atoms with E-state index in [1.165, 1.54) is 91.2 Å². The Morgan fingerprint density at radius 1 is 0.525 bits per heavy atom. The Balaban J connectivity index is 1.55. The van der Waals surface area contributed by atoms with Crippen molar-refractivity contribution in [1.82, 2.24) is 0 Å². The van der Waals surface area contributed by atoms with Crippen molar-refractivity contribution in [2.75, 3.05) is 7.11 Å². The largest absolute Gasteiger partial charge is 0.496 e. The van der Waals surface area contributed by atoms with Gasteiger partial charge in [-0.15, -0.1) is 0 Å². The van der Waals surface area contributed by atoms with Crippen LogP contribution in [0.1, 0.15) is 64.2 Å². The van der Waals surface area contributed by atoms with Gasteiger partial charge in [0.2, 0.25) is 0 Å². The molecule has 0 amide bonds. The first kappa shape index (κ1) is 27.7. The number of benzene rings is 4. The van der Waals surface area contributed by atoms with Crippen LogP contribution in [0.3, 0.4) is 0 Å². The summed E-state index contributed by atoms with van der Waals surface area (Å²) in [5, 5.41) is 5.81. The third-order valence-electron chi connectivity index (χ3n) is 8.88. The Morgan fingerprint density at radius 2 is 1.02 bits per heavy atom. The number of hydrogen-bond donors (Lipinski definition) is 0. The van der Waals surface area contributed by atoms with Crippen molar-refractivity contribution in [3.05, 3.63) is 103 Å². The highest BCUT2D eigenvalue weighted by Crippen LogP contribution is 2.56. The summed E-state index contributed by atoms with van der Waals surface area (Å²) < 4.78 is 6.21. The molecule has 0 radical (unpaired) electrons. The van der Waals surface area contributed by atoms with Crippen molar-refractivity contribution in [1.29, 1.82) is 0 Å². The maximum Gasteiger partial charge on any atom is 0.127 e. The van der Waals surface area contributed by atoms with Crippen LogP contribution in [0, 0.1) is 0 Å². The molecule has 6 rings (SSSR count). The zero-order valence-corrected chi connectivity index (χ0v) is 25.6. The van der Waals surface area contributed by atoms with Gasteiger partial charge in [-0.2, -0.15) is 0 Å². The van der Waals surface area contributed by atoms with Crippen molar-refractivity contribution in [2.45, 2.75) is 75.5 Å². The Hall–Kier alpha value is -2.46. The lowest BCUT2D eigenvalue weighted by Gasteiger charge is -2.40. The molecule has 4 aromatic carbocycles. The zero-order chi connectivity index (χ0) is 27.1. The topological polar surface area (TPSA) is 9.23 Å². The van der Waals surface area contributed by atoms with Gasteiger partial charge < -0.3 is 4.74 Å². The normalized spacial score (nSPS) is 16.9. The van der Waals surface area contributed by atoms with E-state index in [0.29, 0.717) is 0 Å². The maximum atomic E-state index is 6.21. The molecular weight excluding hydrogens is 522 g/mol. The minimum Gasteiger partial charge on any atom is -0.496 e. The molecule has 3 heteroatoms. The van der Waals surface area contributed by atoms with Crippen LogP contribution in [0.25, 0.3) is 11.1 Å².